The lowest BCUT2D eigenvalue weighted by Gasteiger charge is -2.00. The van der Waals surface area contributed by atoms with Gasteiger partial charge in [0.1, 0.15) is 12.0 Å². The maximum absolute atomic E-state index is 10.5. The topological polar surface area (TPSA) is 72.6 Å². The molecule has 1 N–H and O–H groups in total. The molecule has 0 unspecified atom stereocenters. The number of aryl methyl sites for hydroxylation is 1. The highest BCUT2D eigenvalue weighted by atomic mass is 16.5. The van der Waals surface area contributed by atoms with Crippen molar-refractivity contribution in [2.75, 3.05) is 7.11 Å². The second-order valence-electron chi connectivity index (χ2n) is 3.77. The number of hydrogen-bond acceptors (Lipinski definition) is 4. The number of ether oxygens (including phenoxy) is 1. The van der Waals surface area contributed by atoms with Crippen LogP contribution in [0, 0.1) is 0 Å². The molecule has 5 nitrogen and oxygen atoms in total. The van der Waals surface area contributed by atoms with E-state index in [0.717, 1.165) is 11.3 Å². The number of aromatic nitrogens is 1. The summed E-state index contributed by atoms with van der Waals surface area (Å²) in [7, 11) is 1.59. The van der Waals surface area contributed by atoms with Crippen LogP contribution in [0.15, 0.2) is 34.9 Å². The van der Waals surface area contributed by atoms with E-state index in [2.05, 4.69) is 4.98 Å². The number of oxazole rings is 1. The summed E-state index contributed by atoms with van der Waals surface area (Å²) in [5, 5.41) is 8.59. The largest absolute Gasteiger partial charge is 0.497 e. The van der Waals surface area contributed by atoms with Crippen LogP contribution in [0.25, 0.3) is 11.5 Å². The average Bonchev–Trinajstić information content (AvgIpc) is 2.85. The number of benzene rings is 1. The Morgan fingerprint density at radius 3 is 3.06 bits per heavy atom. The van der Waals surface area contributed by atoms with Gasteiger partial charge in [0.25, 0.3) is 0 Å². The van der Waals surface area contributed by atoms with Gasteiger partial charge >= 0.3 is 5.97 Å². The average molecular weight is 247 g/mol. The first-order valence-corrected chi connectivity index (χ1v) is 5.49. The Hall–Kier alpha value is -2.30. The highest BCUT2D eigenvalue weighted by Gasteiger charge is 2.08. The molecule has 5 heteroatoms. The molecule has 1 aromatic carbocycles. The Labute approximate surface area is 104 Å². The molecule has 0 aliphatic rings. The van der Waals surface area contributed by atoms with E-state index in [-0.39, 0.29) is 6.42 Å². The van der Waals surface area contributed by atoms with Gasteiger partial charge < -0.3 is 14.3 Å². The summed E-state index contributed by atoms with van der Waals surface area (Å²) in [6.45, 7) is 0. The summed E-state index contributed by atoms with van der Waals surface area (Å²) in [6, 6.07) is 7.34. The third-order valence-electron chi connectivity index (χ3n) is 2.46. The first-order valence-electron chi connectivity index (χ1n) is 5.49. The van der Waals surface area contributed by atoms with E-state index in [1.54, 1.807) is 7.11 Å². The molecule has 0 fully saturated rings. The molecule has 2 aromatic rings. The number of hydrogen-bond donors (Lipinski definition) is 1. The van der Waals surface area contributed by atoms with Crippen LogP contribution in [-0.4, -0.2) is 23.2 Å². The van der Waals surface area contributed by atoms with Crippen LogP contribution < -0.4 is 4.74 Å². The molecule has 1 heterocycles. The van der Waals surface area contributed by atoms with Gasteiger partial charge in [0, 0.05) is 12.0 Å². The van der Waals surface area contributed by atoms with Crippen LogP contribution in [0.4, 0.5) is 0 Å². The molecule has 0 bridgehead atoms. The summed E-state index contributed by atoms with van der Waals surface area (Å²) in [6.07, 6.45) is 1.89. The third-order valence-corrected chi connectivity index (χ3v) is 2.46. The number of carboxylic acids is 1. The van der Waals surface area contributed by atoms with E-state index in [9.17, 15) is 4.79 Å². The van der Waals surface area contributed by atoms with Crippen molar-refractivity contribution < 1.29 is 19.1 Å². The summed E-state index contributed by atoms with van der Waals surface area (Å²) in [5.41, 5.74) is 1.44. The molecule has 0 aliphatic carbocycles. The second kappa shape index (κ2) is 5.35. The van der Waals surface area contributed by atoms with Gasteiger partial charge in [-0.15, -0.1) is 0 Å². The third kappa shape index (κ3) is 2.88. The van der Waals surface area contributed by atoms with Crippen molar-refractivity contribution in [3.63, 3.8) is 0 Å². The minimum atomic E-state index is -0.846. The van der Waals surface area contributed by atoms with E-state index in [1.165, 1.54) is 6.26 Å². The van der Waals surface area contributed by atoms with Gasteiger partial charge in [-0.05, 0) is 18.2 Å². The highest BCUT2D eigenvalue weighted by molar-refractivity contribution is 5.67. The zero-order valence-electron chi connectivity index (χ0n) is 9.92. The monoisotopic (exact) mass is 247 g/mol. The number of carbonyl (C=O) groups is 1. The molecule has 94 valence electrons. The van der Waals surface area contributed by atoms with E-state index in [0.29, 0.717) is 18.0 Å². The van der Waals surface area contributed by atoms with Gasteiger partial charge in [-0.25, -0.2) is 4.98 Å². The van der Waals surface area contributed by atoms with E-state index in [1.807, 2.05) is 24.3 Å². The fourth-order valence-corrected chi connectivity index (χ4v) is 1.55. The molecule has 0 amide bonds. The smallest absolute Gasteiger partial charge is 0.303 e. The lowest BCUT2D eigenvalue weighted by Crippen LogP contribution is -1.97. The predicted molar refractivity (Wildman–Crippen MR) is 64.4 cm³/mol. The van der Waals surface area contributed by atoms with Crippen molar-refractivity contribution >= 4 is 5.97 Å². The van der Waals surface area contributed by atoms with Gasteiger partial charge in [0.15, 0.2) is 0 Å². The first-order chi connectivity index (χ1) is 8.69. The van der Waals surface area contributed by atoms with Crippen molar-refractivity contribution in [2.45, 2.75) is 12.8 Å². The highest BCUT2D eigenvalue weighted by Crippen LogP contribution is 2.23. The number of nitrogens with zero attached hydrogens (tertiary/aromatic N) is 1. The molecular formula is C13H13NO4. The summed E-state index contributed by atoms with van der Waals surface area (Å²) in [5.74, 6) is 0.341. The summed E-state index contributed by atoms with van der Waals surface area (Å²) >= 11 is 0. The van der Waals surface area contributed by atoms with Gasteiger partial charge in [-0.1, -0.05) is 6.07 Å². The quantitative estimate of drug-likeness (QED) is 0.878. The number of rotatable bonds is 5. The fourth-order valence-electron chi connectivity index (χ4n) is 1.55. The molecular weight excluding hydrogens is 234 g/mol. The fraction of sp³-hybridized carbons (Fsp3) is 0.231. The molecule has 0 radical (unpaired) electrons. The number of carboxylic acid groups (broad SMARTS) is 1. The van der Waals surface area contributed by atoms with Crippen LogP contribution >= 0.6 is 0 Å². The van der Waals surface area contributed by atoms with Crippen LogP contribution in [-0.2, 0) is 11.2 Å². The van der Waals surface area contributed by atoms with Gasteiger partial charge in [-0.2, -0.15) is 0 Å². The van der Waals surface area contributed by atoms with Gasteiger partial charge in [0.05, 0.1) is 19.2 Å². The number of aliphatic carboxylic acids is 1. The van der Waals surface area contributed by atoms with Crippen molar-refractivity contribution in [1.82, 2.24) is 4.98 Å². The van der Waals surface area contributed by atoms with Gasteiger partial charge in [-0.3, -0.25) is 4.79 Å². The zero-order chi connectivity index (χ0) is 13.0. The number of methoxy groups -OCH3 is 1. The standard InChI is InChI=1S/C13H13NO4/c1-17-11-4-2-3-9(7-11)13-14-10(8-18-13)5-6-12(15)16/h2-4,7-8H,5-6H2,1H3,(H,15,16). The summed E-state index contributed by atoms with van der Waals surface area (Å²) in [4.78, 5) is 14.7. The van der Waals surface area contributed by atoms with Crippen LogP contribution in [0.5, 0.6) is 5.75 Å². The van der Waals surface area contributed by atoms with E-state index in [4.69, 9.17) is 14.3 Å². The minimum absolute atomic E-state index is 0.0457. The lowest BCUT2D eigenvalue weighted by atomic mass is 10.2. The van der Waals surface area contributed by atoms with Crippen molar-refractivity contribution in [1.29, 1.82) is 0 Å². The second-order valence-corrected chi connectivity index (χ2v) is 3.77. The maximum atomic E-state index is 10.5. The molecule has 0 saturated carbocycles. The molecule has 1 aromatic heterocycles. The van der Waals surface area contributed by atoms with Crippen LogP contribution in [0.1, 0.15) is 12.1 Å². The Bertz CT molecular complexity index is 547. The molecule has 0 atom stereocenters. The molecule has 0 aliphatic heterocycles. The zero-order valence-corrected chi connectivity index (χ0v) is 9.92. The van der Waals surface area contributed by atoms with Crippen LogP contribution in [0.2, 0.25) is 0 Å². The molecule has 0 saturated heterocycles. The summed E-state index contributed by atoms with van der Waals surface area (Å²) < 4.78 is 10.4. The minimum Gasteiger partial charge on any atom is -0.497 e. The Morgan fingerprint density at radius 1 is 1.50 bits per heavy atom. The molecule has 18 heavy (non-hydrogen) atoms. The first kappa shape index (κ1) is 12.2. The van der Waals surface area contributed by atoms with Crippen LogP contribution in [0.3, 0.4) is 0 Å². The molecule has 0 spiro atoms. The Morgan fingerprint density at radius 2 is 2.33 bits per heavy atom. The Balaban J connectivity index is 2.15. The SMILES string of the molecule is COc1cccc(-c2nc(CCC(=O)O)co2)c1. The Kier molecular flexibility index (Phi) is 3.62. The predicted octanol–water partition coefficient (Wildman–Crippen LogP) is 2.37. The normalized spacial score (nSPS) is 10.3. The maximum Gasteiger partial charge on any atom is 0.303 e. The van der Waals surface area contributed by atoms with Crippen molar-refractivity contribution in [3.8, 4) is 17.2 Å². The lowest BCUT2D eigenvalue weighted by molar-refractivity contribution is -0.136. The molecule has 2 rings (SSSR count). The van der Waals surface area contributed by atoms with Crippen molar-refractivity contribution in [2.24, 2.45) is 0 Å². The van der Waals surface area contributed by atoms with Gasteiger partial charge in [0.2, 0.25) is 5.89 Å². The van der Waals surface area contributed by atoms with E-state index >= 15 is 0 Å². The van der Waals surface area contributed by atoms with Crippen molar-refractivity contribution in [3.05, 3.63) is 36.2 Å². The van der Waals surface area contributed by atoms with E-state index < -0.39 is 5.97 Å².